The Balaban J connectivity index is 2.22. The number of hydrogen-bond donors (Lipinski definition) is 2. The first-order valence-corrected chi connectivity index (χ1v) is 5.98. The van der Waals surface area contributed by atoms with Crippen molar-refractivity contribution in [3.05, 3.63) is 29.3 Å². The normalized spacial score (nSPS) is 20.0. The summed E-state index contributed by atoms with van der Waals surface area (Å²) in [6.45, 7) is 2.07. The van der Waals surface area contributed by atoms with Crippen molar-refractivity contribution in [2.24, 2.45) is 0 Å². The average molecular weight is 250 g/mol. The molecule has 1 aromatic carbocycles. The van der Waals surface area contributed by atoms with Gasteiger partial charge in [0.2, 0.25) is 0 Å². The maximum atomic E-state index is 11.7. The van der Waals surface area contributed by atoms with E-state index < -0.39 is 5.97 Å². The van der Waals surface area contributed by atoms with Crippen LogP contribution in [0.4, 0.5) is 5.69 Å². The molecule has 1 atom stereocenters. The summed E-state index contributed by atoms with van der Waals surface area (Å²) < 4.78 is 4.76. The van der Waals surface area contributed by atoms with Crippen LogP contribution in [0, 0.1) is 0 Å². The highest BCUT2D eigenvalue weighted by molar-refractivity contribution is 5.96. The first kappa shape index (κ1) is 12.9. The Bertz CT molecular complexity index is 448. The lowest BCUT2D eigenvalue weighted by molar-refractivity contribution is 0.0599. The summed E-state index contributed by atoms with van der Waals surface area (Å²) in [6, 6.07) is 5.38. The van der Waals surface area contributed by atoms with Crippen molar-refractivity contribution in [1.82, 2.24) is 4.90 Å². The molecule has 3 N–H and O–H groups in total. The van der Waals surface area contributed by atoms with E-state index in [0.717, 1.165) is 18.5 Å². The van der Waals surface area contributed by atoms with Crippen molar-refractivity contribution in [3.8, 4) is 0 Å². The smallest absolute Gasteiger partial charge is 0.340 e. The molecule has 1 aromatic rings. The van der Waals surface area contributed by atoms with Crippen molar-refractivity contribution in [1.29, 1.82) is 0 Å². The maximum absolute atomic E-state index is 11.7. The van der Waals surface area contributed by atoms with Gasteiger partial charge in [0.15, 0.2) is 0 Å². The zero-order valence-corrected chi connectivity index (χ0v) is 10.4. The lowest BCUT2D eigenvalue weighted by Gasteiger charge is -2.17. The molecule has 1 unspecified atom stereocenters. The van der Waals surface area contributed by atoms with Crippen LogP contribution < -0.4 is 5.73 Å². The van der Waals surface area contributed by atoms with Crippen LogP contribution in [-0.4, -0.2) is 42.3 Å². The van der Waals surface area contributed by atoms with Crippen LogP contribution in [0.2, 0.25) is 0 Å². The van der Waals surface area contributed by atoms with Gasteiger partial charge < -0.3 is 15.6 Å². The van der Waals surface area contributed by atoms with Crippen LogP contribution in [0.15, 0.2) is 18.2 Å². The number of benzene rings is 1. The van der Waals surface area contributed by atoms with E-state index in [9.17, 15) is 9.90 Å². The number of β-amino-alcohol motifs (C(OH)–C–C–N with tert-alkyl or cyclic N) is 1. The van der Waals surface area contributed by atoms with Gasteiger partial charge in [-0.1, -0.05) is 12.1 Å². The second-order valence-corrected chi connectivity index (χ2v) is 4.55. The van der Waals surface area contributed by atoms with Crippen LogP contribution in [0.1, 0.15) is 22.3 Å². The molecule has 0 aromatic heterocycles. The second kappa shape index (κ2) is 5.37. The number of carbonyl (C=O) groups excluding carboxylic acids is 1. The molecule has 0 spiro atoms. The fourth-order valence-corrected chi connectivity index (χ4v) is 2.30. The van der Waals surface area contributed by atoms with E-state index >= 15 is 0 Å². The minimum Gasteiger partial charge on any atom is -0.465 e. The SMILES string of the molecule is COC(=O)c1c(N)cccc1CN1CCC(O)C1. The number of rotatable bonds is 3. The van der Waals surface area contributed by atoms with Gasteiger partial charge in [-0.15, -0.1) is 0 Å². The summed E-state index contributed by atoms with van der Waals surface area (Å²) in [7, 11) is 1.35. The summed E-state index contributed by atoms with van der Waals surface area (Å²) in [4.78, 5) is 13.8. The highest BCUT2D eigenvalue weighted by Gasteiger charge is 2.23. The Morgan fingerprint density at radius 2 is 2.39 bits per heavy atom. The van der Waals surface area contributed by atoms with Gasteiger partial charge in [-0.05, 0) is 18.1 Å². The lowest BCUT2D eigenvalue weighted by atomic mass is 10.1. The number of esters is 1. The summed E-state index contributed by atoms with van der Waals surface area (Å²) in [5.74, 6) is -0.414. The molecule has 0 aliphatic carbocycles. The van der Waals surface area contributed by atoms with Crippen molar-refractivity contribution in [2.75, 3.05) is 25.9 Å². The first-order valence-electron chi connectivity index (χ1n) is 5.98. The number of anilines is 1. The molecule has 1 aliphatic heterocycles. The van der Waals surface area contributed by atoms with Gasteiger partial charge in [-0.3, -0.25) is 4.90 Å². The molecule has 2 rings (SSSR count). The fraction of sp³-hybridized carbons (Fsp3) is 0.462. The molecule has 0 saturated carbocycles. The molecule has 1 heterocycles. The minimum absolute atomic E-state index is 0.271. The quantitative estimate of drug-likeness (QED) is 0.607. The summed E-state index contributed by atoms with van der Waals surface area (Å²) in [6.07, 6.45) is 0.503. The molecule has 0 radical (unpaired) electrons. The Labute approximate surface area is 106 Å². The number of hydrogen-bond acceptors (Lipinski definition) is 5. The largest absolute Gasteiger partial charge is 0.465 e. The summed E-state index contributed by atoms with van der Waals surface area (Å²) in [5, 5.41) is 9.50. The zero-order chi connectivity index (χ0) is 13.1. The van der Waals surface area contributed by atoms with Crippen molar-refractivity contribution < 1.29 is 14.6 Å². The number of nitrogens with zero attached hydrogens (tertiary/aromatic N) is 1. The van der Waals surface area contributed by atoms with E-state index in [4.69, 9.17) is 10.5 Å². The molecule has 1 aliphatic rings. The molecule has 1 fully saturated rings. The average Bonchev–Trinajstić information content (AvgIpc) is 2.74. The molecule has 5 nitrogen and oxygen atoms in total. The lowest BCUT2D eigenvalue weighted by Crippen LogP contribution is -2.23. The van der Waals surface area contributed by atoms with Gasteiger partial charge in [0.25, 0.3) is 0 Å². The summed E-state index contributed by atoms with van der Waals surface area (Å²) in [5.41, 5.74) is 7.54. The van der Waals surface area contributed by atoms with Gasteiger partial charge in [-0.25, -0.2) is 4.79 Å². The zero-order valence-electron chi connectivity index (χ0n) is 10.4. The maximum Gasteiger partial charge on any atom is 0.340 e. The van der Waals surface area contributed by atoms with E-state index in [1.165, 1.54) is 7.11 Å². The number of methoxy groups -OCH3 is 1. The van der Waals surface area contributed by atoms with Gasteiger partial charge in [-0.2, -0.15) is 0 Å². The molecular weight excluding hydrogens is 232 g/mol. The number of carbonyl (C=O) groups is 1. The Hall–Kier alpha value is -1.59. The van der Waals surface area contributed by atoms with E-state index in [1.807, 2.05) is 12.1 Å². The van der Waals surface area contributed by atoms with Gasteiger partial charge in [0, 0.05) is 25.3 Å². The molecule has 98 valence electrons. The highest BCUT2D eigenvalue weighted by Crippen LogP contribution is 2.21. The standard InChI is InChI=1S/C13H18N2O3/c1-18-13(17)12-9(3-2-4-11(12)14)7-15-6-5-10(16)8-15/h2-4,10,16H,5-8,14H2,1H3. The fourth-order valence-electron chi connectivity index (χ4n) is 2.30. The summed E-state index contributed by atoms with van der Waals surface area (Å²) >= 11 is 0. The Morgan fingerprint density at radius 1 is 1.61 bits per heavy atom. The molecule has 0 bridgehead atoms. The minimum atomic E-state index is -0.414. The number of likely N-dealkylation sites (tertiary alicyclic amines) is 1. The highest BCUT2D eigenvalue weighted by atomic mass is 16.5. The number of aliphatic hydroxyl groups is 1. The van der Waals surface area contributed by atoms with Gasteiger partial charge >= 0.3 is 5.97 Å². The molecule has 0 amide bonds. The van der Waals surface area contributed by atoms with Crippen molar-refractivity contribution >= 4 is 11.7 Å². The van der Waals surface area contributed by atoms with Crippen LogP contribution >= 0.6 is 0 Å². The second-order valence-electron chi connectivity index (χ2n) is 4.55. The molecule has 5 heteroatoms. The molecule has 18 heavy (non-hydrogen) atoms. The third-order valence-electron chi connectivity index (χ3n) is 3.21. The Kier molecular flexibility index (Phi) is 3.84. The third-order valence-corrected chi connectivity index (χ3v) is 3.21. The van der Waals surface area contributed by atoms with Crippen molar-refractivity contribution in [2.45, 2.75) is 19.1 Å². The predicted molar refractivity (Wildman–Crippen MR) is 68.1 cm³/mol. The Morgan fingerprint density at radius 3 is 3.00 bits per heavy atom. The monoisotopic (exact) mass is 250 g/mol. The third kappa shape index (κ3) is 2.63. The van der Waals surface area contributed by atoms with Crippen LogP contribution in [0.5, 0.6) is 0 Å². The van der Waals surface area contributed by atoms with Crippen molar-refractivity contribution in [3.63, 3.8) is 0 Å². The van der Waals surface area contributed by atoms with E-state index in [0.29, 0.717) is 24.3 Å². The predicted octanol–water partition coefficient (Wildman–Crippen LogP) is 0.622. The first-order chi connectivity index (χ1) is 8.61. The number of aliphatic hydroxyl groups excluding tert-OH is 1. The van der Waals surface area contributed by atoms with Crippen LogP contribution in [0.25, 0.3) is 0 Å². The van der Waals surface area contributed by atoms with E-state index in [2.05, 4.69) is 4.90 Å². The molecular formula is C13H18N2O3. The molecule has 1 saturated heterocycles. The van der Waals surface area contributed by atoms with Gasteiger partial charge in [0.05, 0.1) is 18.8 Å². The van der Waals surface area contributed by atoms with Gasteiger partial charge in [0.1, 0.15) is 0 Å². The topological polar surface area (TPSA) is 75.8 Å². The van der Waals surface area contributed by atoms with E-state index in [-0.39, 0.29) is 6.10 Å². The number of nitrogen functional groups attached to an aromatic ring is 1. The number of ether oxygens (including phenoxy) is 1. The number of nitrogens with two attached hydrogens (primary N) is 1. The van der Waals surface area contributed by atoms with Crippen LogP contribution in [-0.2, 0) is 11.3 Å². The van der Waals surface area contributed by atoms with E-state index in [1.54, 1.807) is 6.07 Å². The van der Waals surface area contributed by atoms with Crippen LogP contribution in [0.3, 0.4) is 0 Å².